The van der Waals surface area contributed by atoms with E-state index in [1.54, 1.807) is 22.7 Å². The number of hydrogen-bond donors (Lipinski definition) is 0. The molecule has 0 saturated carbocycles. The number of benzene rings is 1. The lowest BCUT2D eigenvalue weighted by atomic mass is 9.98. The first kappa shape index (κ1) is 13.8. The molecule has 1 atom stereocenters. The highest BCUT2D eigenvalue weighted by Gasteiger charge is 2.12. The number of aryl methyl sites for hydroxylation is 1. The molecule has 0 N–H and O–H groups in total. The average Bonchev–Trinajstić information content (AvgIpc) is 3.11. The number of rotatable bonds is 3. The number of nitrogens with zero attached hydrogens (tertiary/aromatic N) is 3. The Kier molecular flexibility index (Phi) is 3.39. The van der Waals surface area contributed by atoms with Crippen molar-refractivity contribution >= 4 is 43.2 Å². The van der Waals surface area contributed by atoms with E-state index >= 15 is 0 Å². The Labute approximate surface area is 136 Å². The monoisotopic (exact) mass is 325 g/mol. The second-order valence-electron chi connectivity index (χ2n) is 5.63. The maximum absolute atomic E-state index is 4.67. The summed E-state index contributed by atoms with van der Waals surface area (Å²) in [6, 6.07) is 8.74. The van der Waals surface area contributed by atoms with E-state index in [0.717, 1.165) is 22.6 Å². The highest BCUT2D eigenvalue weighted by atomic mass is 32.1. The molecule has 110 valence electrons. The SMILES string of the molecule is Cc1cnc2nc(CC(C)c3ccc4scnc4c3)sc2c1. The Balaban J connectivity index is 1.62. The molecule has 1 unspecified atom stereocenters. The molecule has 5 heteroatoms. The Morgan fingerprint density at radius 1 is 1.14 bits per heavy atom. The van der Waals surface area contributed by atoms with E-state index in [-0.39, 0.29) is 0 Å². The van der Waals surface area contributed by atoms with Crippen LogP contribution in [0.4, 0.5) is 0 Å². The van der Waals surface area contributed by atoms with Crippen LogP contribution in [-0.4, -0.2) is 15.0 Å². The molecule has 3 nitrogen and oxygen atoms in total. The fourth-order valence-corrected chi connectivity index (χ4v) is 4.42. The quantitative estimate of drug-likeness (QED) is 0.534. The number of pyridine rings is 1. The highest BCUT2D eigenvalue weighted by molar-refractivity contribution is 7.18. The van der Waals surface area contributed by atoms with E-state index in [2.05, 4.69) is 53.1 Å². The number of thiazole rings is 2. The van der Waals surface area contributed by atoms with Gasteiger partial charge in [-0.2, -0.15) is 0 Å². The Morgan fingerprint density at radius 3 is 2.95 bits per heavy atom. The molecule has 0 saturated heterocycles. The molecule has 4 rings (SSSR count). The molecule has 4 aromatic rings. The lowest BCUT2D eigenvalue weighted by Crippen LogP contribution is -1.98. The lowest BCUT2D eigenvalue weighted by molar-refractivity contribution is 0.756. The molecular formula is C17H15N3S2. The summed E-state index contributed by atoms with van der Waals surface area (Å²) in [5, 5.41) is 1.15. The molecule has 0 bridgehead atoms. The van der Waals surface area contributed by atoms with Crippen LogP contribution >= 0.6 is 22.7 Å². The van der Waals surface area contributed by atoms with Gasteiger partial charge in [-0.1, -0.05) is 13.0 Å². The van der Waals surface area contributed by atoms with Gasteiger partial charge >= 0.3 is 0 Å². The summed E-state index contributed by atoms with van der Waals surface area (Å²) in [4.78, 5) is 13.5. The largest absolute Gasteiger partial charge is 0.245 e. The second kappa shape index (κ2) is 5.41. The average molecular weight is 325 g/mol. The van der Waals surface area contributed by atoms with Crippen LogP contribution in [-0.2, 0) is 6.42 Å². The number of aromatic nitrogens is 3. The first-order chi connectivity index (χ1) is 10.7. The summed E-state index contributed by atoms with van der Waals surface area (Å²) in [7, 11) is 0. The molecule has 0 radical (unpaired) electrons. The van der Waals surface area contributed by atoms with Gasteiger partial charge in [-0.3, -0.25) is 0 Å². The molecule has 0 spiro atoms. The molecule has 0 aliphatic heterocycles. The molecular weight excluding hydrogens is 310 g/mol. The topological polar surface area (TPSA) is 38.7 Å². The highest BCUT2D eigenvalue weighted by Crippen LogP contribution is 2.29. The first-order valence-electron chi connectivity index (χ1n) is 7.24. The predicted octanol–water partition coefficient (Wildman–Crippen LogP) is 4.96. The zero-order valence-corrected chi connectivity index (χ0v) is 14.0. The van der Waals surface area contributed by atoms with E-state index in [0.29, 0.717) is 5.92 Å². The number of fused-ring (bicyclic) bond motifs is 2. The molecule has 0 fully saturated rings. The molecule has 3 aromatic heterocycles. The summed E-state index contributed by atoms with van der Waals surface area (Å²) in [5.41, 5.74) is 6.37. The van der Waals surface area contributed by atoms with Crippen molar-refractivity contribution in [1.82, 2.24) is 15.0 Å². The maximum Gasteiger partial charge on any atom is 0.170 e. The summed E-state index contributed by atoms with van der Waals surface area (Å²) < 4.78 is 2.42. The van der Waals surface area contributed by atoms with Crippen LogP contribution in [0.2, 0.25) is 0 Å². The van der Waals surface area contributed by atoms with Gasteiger partial charge in [-0.05, 0) is 42.2 Å². The fourth-order valence-electron chi connectivity index (χ4n) is 2.61. The summed E-state index contributed by atoms with van der Waals surface area (Å²) in [6.45, 7) is 4.32. The number of hydrogen-bond acceptors (Lipinski definition) is 5. The van der Waals surface area contributed by atoms with Gasteiger partial charge in [0.15, 0.2) is 5.65 Å². The third-order valence-corrected chi connectivity index (χ3v) is 5.66. The molecule has 0 aliphatic carbocycles. The van der Waals surface area contributed by atoms with Crippen LogP contribution in [0.1, 0.15) is 29.0 Å². The third-order valence-electron chi connectivity index (χ3n) is 3.83. The second-order valence-corrected chi connectivity index (χ2v) is 7.63. The van der Waals surface area contributed by atoms with Crippen molar-refractivity contribution in [3.63, 3.8) is 0 Å². The minimum absolute atomic E-state index is 0.424. The molecule has 0 amide bonds. The van der Waals surface area contributed by atoms with Crippen LogP contribution < -0.4 is 0 Å². The van der Waals surface area contributed by atoms with E-state index in [1.807, 2.05) is 11.7 Å². The van der Waals surface area contributed by atoms with Gasteiger partial charge in [0.25, 0.3) is 0 Å². The zero-order chi connectivity index (χ0) is 15.1. The van der Waals surface area contributed by atoms with Crippen molar-refractivity contribution in [2.24, 2.45) is 0 Å². The van der Waals surface area contributed by atoms with Gasteiger partial charge in [0.1, 0.15) is 0 Å². The smallest absolute Gasteiger partial charge is 0.170 e. The van der Waals surface area contributed by atoms with Gasteiger partial charge in [-0.25, -0.2) is 15.0 Å². The minimum Gasteiger partial charge on any atom is -0.245 e. The van der Waals surface area contributed by atoms with Gasteiger partial charge in [-0.15, -0.1) is 22.7 Å². The minimum atomic E-state index is 0.424. The van der Waals surface area contributed by atoms with Gasteiger partial charge in [0.05, 0.1) is 25.4 Å². The van der Waals surface area contributed by atoms with E-state index in [4.69, 9.17) is 0 Å². The Hall–Kier alpha value is -1.85. The molecule has 0 aliphatic rings. The van der Waals surface area contributed by atoms with E-state index in [1.165, 1.54) is 20.5 Å². The van der Waals surface area contributed by atoms with Gasteiger partial charge < -0.3 is 0 Å². The van der Waals surface area contributed by atoms with Crippen molar-refractivity contribution in [3.8, 4) is 0 Å². The van der Waals surface area contributed by atoms with Crippen molar-refractivity contribution < 1.29 is 0 Å². The third kappa shape index (κ3) is 2.51. The van der Waals surface area contributed by atoms with Gasteiger partial charge in [0.2, 0.25) is 0 Å². The Bertz CT molecular complexity index is 955. The van der Waals surface area contributed by atoms with Crippen LogP contribution in [0.25, 0.3) is 20.6 Å². The summed E-state index contributed by atoms with van der Waals surface area (Å²) in [5.74, 6) is 0.424. The Morgan fingerprint density at radius 2 is 2.05 bits per heavy atom. The molecule has 22 heavy (non-hydrogen) atoms. The fraction of sp³-hybridized carbons (Fsp3) is 0.235. The lowest BCUT2D eigenvalue weighted by Gasteiger charge is -2.09. The van der Waals surface area contributed by atoms with Crippen LogP contribution in [0, 0.1) is 6.92 Å². The molecule has 3 heterocycles. The summed E-state index contributed by atoms with van der Waals surface area (Å²) >= 11 is 3.44. The van der Waals surface area contributed by atoms with Crippen molar-refractivity contribution in [2.45, 2.75) is 26.2 Å². The predicted molar refractivity (Wildman–Crippen MR) is 93.9 cm³/mol. The van der Waals surface area contributed by atoms with E-state index < -0.39 is 0 Å². The van der Waals surface area contributed by atoms with Crippen LogP contribution in [0.5, 0.6) is 0 Å². The first-order valence-corrected chi connectivity index (χ1v) is 8.94. The normalized spacial score (nSPS) is 13.0. The van der Waals surface area contributed by atoms with Crippen molar-refractivity contribution in [1.29, 1.82) is 0 Å². The summed E-state index contributed by atoms with van der Waals surface area (Å²) in [6.07, 6.45) is 2.82. The van der Waals surface area contributed by atoms with Crippen molar-refractivity contribution in [3.05, 3.63) is 52.1 Å². The standard InChI is InChI=1S/C17H15N3S2/c1-10-5-15-17(18-8-10)20-16(22-15)6-11(2)12-3-4-14-13(7-12)19-9-21-14/h3-5,7-9,11H,6H2,1-2H3. The maximum atomic E-state index is 4.67. The zero-order valence-electron chi connectivity index (χ0n) is 12.4. The van der Waals surface area contributed by atoms with Crippen molar-refractivity contribution in [2.75, 3.05) is 0 Å². The molecule has 1 aromatic carbocycles. The van der Waals surface area contributed by atoms with Crippen LogP contribution in [0.3, 0.4) is 0 Å². The van der Waals surface area contributed by atoms with Gasteiger partial charge in [0, 0.05) is 12.6 Å². The van der Waals surface area contributed by atoms with Crippen LogP contribution in [0.15, 0.2) is 36.0 Å². The van der Waals surface area contributed by atoms with E-state index in [9.17, 15) is 0 Å².